The molecule has 0 aromatic heterocycles. The highest BCUT2D eigenvalue weighted by molar-refractivity contribution is 4.93. The standard InChI is InChI=1S/C7H12N4O/c8-11-10-6-1-2-12-7-4-9-3-5(6)7/h5-7,9H,1-4H2/t5-,6?,7?/m1/s1. The number of ether oxygens (including phenoxy) is 1. The Morgan fingerprint density at radius 3 is 3.25 bits per heavy atom. The van der Waals surface area contributed by atoms with Crippen LogP contribution in [0.25, 0.3) is 10.4 Å². The van der Waals surface area contributed by atoms with E-state index in [2.05, 4.69) is 15.3 Å². The maximum absolute atomic E-state index is 8.34. The van der Waals surface area contributed by atoms with Gasteiger partial charge in [0.1, 0.15) is 0 Å². The Morgan fingerprint density at radius 1 is 1.50 bits per heavy atom. The summed E-state index contributed by atoms with van der Waals surface area (Å²) in [5.41, 5.74) is 8.34. The molecule has 0 bridgehead atoms. The highest BCUT2D eigenvalue weighted by Crippen LogP contribution is 2.26. The molecule has 0 aromatic carbocycles. The third kappa shape index (κ3) is 1.27. The zero-order chi connectivity index (χ0) is 8.39. The van der Waals surface area contributed by atoms with Crippen molar-refractivity contribution >= 4 is 0 Å². The molecule has 2 fully saturated rings. The van der Waals surface area contributed by atoms with E-state index in [9.17, 15) is 0 Å². The van der Waals surface area contributed by atoms with Crippen LogP contribution in [0.3, 0.4) is 0 Å². The molecule has 3 atom stereocenters. The second-order valence-electron chi connectivity index (χ2n) is 3.29. The van der Waals surface area contributed by atoms with E-state index >= 15 is 0 Å². The highest BCUT2D eigenvalue weighted by Gasteiger charge is 2.36. The summed E-state index contributed by atoms with van der Waals surface area (Å²) in [6.45, 7) is 2.56. The lowest BCUT2D eigenvalue weighted by Gasteiger charge is -2.29. The average Bonchev–Trinajstić information content (AvgIpc) is 2.53. The number of hydrogen-bond donors (Lipinski definition) is 1. The summed E-state index contributed by atoms with van der Waals surface area (Å²) in [6, 6.07) is 0.142. The van der Waals surface area contributed by atoms with Gasteiger partial charge in [-0.1, -0.05) is 5.11 Å². The molecule has 2 saturated heterocycles. The molecular weight excluding hydrogens is 156 g/mol. The molecule has 0 amide bonds. The summed E-state index contributed by atoms with van der Waals surface area (Å²) in [4.78, 5) is 2.86. The number of fused-ring (bicyclic) bond motifs is 1. The van der Waals surface area contributed by atoms with Crippen LogP contribution < -0.4 is 5.32 Å². The van der Waals surface area contributed by atoms with Crippen molar-refractivity contribution in [3.8, 4) is 0 Å². The van der Waals surface area contributed by atoms with Crippen LogP contribution in [0.15, 0.2) is 5.11 Å². The molecule has 2 aliphatic heterocycles. The third-order valence-corrected chi connectivity index (χ3v) is 2.64. The largest absolute Gasteiger partial charge is 0.377 e. The zero-order valence-corrected chi connectivity index (χ0v) is 6.81. The molecule has 2 unspecified atom stereocenters. The molecule has 0 aliphatic carbocycles. The van der Waals surface area contributed by atoms with Gasteiger partial charge < -0.3 is 10.1 Å². The molecule has 2 rings (SSSR count). The molecule has 1 N–H and O–H groups in total. The molecule has 5 heteroatoms. The first-order valence-electron chi connectivity index (χ1n) is 4.28. The molecule has 0 radical (unpaired) electrons. The zero-order valence-electron chi connectivity index (χ0n) is 6.81. The van der Waals surface area contributed by atoms with E-state index in [1.807, 2.05) is 0 Å². The first kappa shape index (κ1) is 7.86. The van der Waals surface area contributed by atoms with Crippen molar-refractivity contribution in [2.45, 2.75) is 18.6 Å². The Labute approximate surface area is 70.7 Å². The lowest BCUT2D eigenvalue weighted by atomic mass is 9.92. The number of azide groups is 1. The van der Waals surface area contributed by atoms with Gasteiger partial charge in [0.25, 0.3) is 0 Å². The molecular formula is C7H12N4O. The van der Waals surface area contributed by atoms with E-state index in [0.29, 0.717) is 5.92 Å². The van der Waals surface area contributed by atoms with Crippen molar-refractivity contribution in [3.63, 3.8) is 0 Å². The summed E-state index contributed by atoms with van der Waals surface area (Å²) in [5.74, 6) is 0.398. The fourth-order valence-electron chi connectivity index (χ4n) is 2.01. The van der Waals surface area contributed by atoms with Crippen LogP contribution in [0.2, 0.25) is 0 Å². The Balaban J connectivity index is 2.08. The van der Waals surface area contributed by atoms with Crippen LogP contribution >= 0.6 is 0 Å². The van der Waals surface area contributed by atoms with E-state index in [-0.39, 0.29) is 12.1 Å². The Bertz CT molecular complexity index is 213. The van der Waals surface area contributed by atoms with E-state index in [0.717, 1.165) is 26.1 Å². The Kier molecular flexibility index (Phi) is 2.17. The van der Waals surface area contributed by atoms with Crippen LogP contribution in [0.4, 0.5) is 0 Å². The maximum Gasteiger partial charge on any atom is 0.0743 e. The smallest absolute Gasteiger partial charge is 0.0743 e. The molecule has 0 saturated carbocycles. The minimum atomic E-state index is 0.142. The maximum atomic E-state index is 8.34. The van der Waals surface area contributed by atoms with Gasteiger partial charge >= 0.3 is 0 Å². The number of hydrogen-bond acceptors (Lipinski definition) is 3. The number of nitrogens with one attached hydrogen (secondary N) is 1. The van der Waals surface area contributed by atoms with Gasteiger partial charge in [0, 0.05) is 36.6 Å². The Hall–Kier alpha value is -0.770. The fraction of sp³-hybridized carbons (Fsp3) is 1.00. The minimum Gasteiger partial charge on any atom is -0.377 e. The van der Waals surface area contributed by atoms with Crippen LogP contribution in [-0.2, 0) is 4.74 Å². The summed E-state index contributed by atoms with van der Waals surface area (Å²) in [6.07, 6.45) is 1.14. The van der Waals surface area contributed by atoms with Gasteiger partial charge in [-0.2, -0.15) is 0 Å². The van der Waals surface area contributed by atoms with Crippen LogP contribution in [-0.4, -0.2) is 31.8 Å². The summed E-state index contributed by atoms with van der Waals surface area (Å²) in [5, 5.41) is 7.03. The van der Waals surface area contributed by atoms with E-state index in [1.165, 1.54) is 0 Å². The number of nitrogens with zero attached hydrogens (tertiary/aromatic N) is 3. The van der Waals surface area contributed by atoms with E-state index in [1.54, 1.807) is 0 Å². The van der Waals surface area contributed by atoms with Crippen molar-refractivity contribution in [1.29, 1.82) is 0 Å². The second kappa shape index (κ2) is 3.31. The number of rotatable bonds is 1. The monoisotopic (exact) mass is 168 g/mol. The first-order valence-corrected chi connectivity index (χ1v) is 4.28. The van der Waals surface area contributed by atoms with Crippen molar-refractivity contribution in [1.82, 2.24) is 5.32 Å². The highest BCUT2D eigenvalue weighted by atomic mass is 16.5. The van der Waals surface area contributed by atoms with Crippen molar-refractivity contribution in [2.75, 3.05) is 19.7 Å². The van der Waals surface area contributed by atoms with Gasteiger partial charge in [0.05, 0.1) is 6.10 Å². The van der Waals surface area contributed by atoms with Gasteiger partial charge in [-0.3, -0.25) is 0 Å². The summed E-state index contributed by atoms with van der Waals surface area (Å²) in [7, 11) is 0. The normalized spacial score (nSPS) is 40.2. The molecule has 2 aliphatic rings. The molecule has 12 heavy (non-hydrogen) atoms. The van der Waals surface area contributed by atoms with Gasteiger partial charge in [-0.05, 0) is 12.0 Å². The Morgan fingerprint density at radius 2 is 2.42 bits per heavy atom. The lowest BCUT2D eigenvalue weighted by Crippen LogP contribution is -2.37. The topological polar surface area (TPSA) is 70.0 Å². The lowest BCUT2D eigenvalue weighted by molar-refractivity contribution is -0.00917. The SMILES string of the molecule is [N-]=[N+]=NC1CCOC2CNC[C@H]12. The fourth-order valence-corrected chi connectivity index (χ4v) is 2.01. The van der Waals surface area contributed by atoms with Crippen molar-refractivity contribution in [3.05, 3.63) is 10.4 Å². The minimum absolute atomic E-state index is 0.142. The predicted molar refractivity (Wildman–Crippen MR) is 43.7 cm³/mol. The van der Waals surface area contributed by atoms with Crippen LogP contribution in [0.1, 0.15) is 6.42 Å². The van der Waals surface area contributed by atoms with Gasteiger partial charge in [0.2, 0.25) is 0 Å². The molecule has 5 nitrogen and oxygen atoms in total. The second-order valence-corrected chi connectivity index (χ2v) is 3.29. The van der Waals surface area contributed by atoms with E-state index in [4.69, 9.17) is 10.3 Å². The first-order chi connectivity index (χ1) is 5.92. The predicted octanol–water partition coefficient (Wildman–Crippen LogP) is 0.674. The summed E-state index contributed by atoms with van der Waals surface area (Å²) >= 11 is 0. The van der Waals surface area contributed by atoms with Crippen LogP contribution in [0, 0.1) is 5.92 Å². The van der Waals surface area contributed by atoms with Gasteiger partial charge in [0.15, 0.2) is 0 Å². The van der Waals surface area contributed by atoms with Gasteiger partial charge in [-0.15, -0.1) is 0 Å². The molecule has 0 aromatic rings. The molecule has 0 spiro atoms. The average molecular weight is 168 g/mol. The van der Waals surface area contributed by atoms with Gasteiger partial charge in [-0.25, -0.2) is 0 Å². The third-order valence-electron chi connectivity index (χ3n) is 2.64. The van der Waals surface area contributed by atoms with Crippen molar-refractivity contribution < 1.29 is 4.74 Å². The van der Waals surface area contributed by atoms with Crippen LogP contribution in [0.5, 0.6) is 0 Å². The van der Waals surface area contributed by atoms with Crippen molar-refractivity contribution in [2.24, 2.45) is 11.0 Å². The molecule has 2 heterocycles. The quantitative estimate of drug-likeness (QED) is 0.355. The summed E-state index contributed by atoms with van der Waals surface area (Å²) < 4.78 is 5.53. The molecule has 66 valence electrons. The van der Waals surface area contributed by atoms with E-state index < -0.39 is 0 Å².